The molecule has 1 amide bonds. The van der Waals surface area contributed by atoms with E-state index < -0.39 is 12.1 Å². The first-order chi connectivity index (χ1) is 9.86. The second kappa shape index (κ2) is 6.61. The second-order valence-electron chi connectivity index (χ2n) is 5.17. The Labute approximate surface area is 120 Å². The highest BCUT2D eigenvalue weighted by atomic mass is 19.4. The third kappa shape index (κ3) is 4.57. The molecule has 2 heterocycles. The van der Waals surface area contributed by atoms with Gasteiger partial charge >= 0.3 is 12.1 Å². The van der Waals surface area contributed by atoms with Crippen LogP contribution in [0.3, 0.4) is 0 Å². The quantitative estimate of drug-likeness (QED) is 0.748. The molecule has 0 aliphatic carbocycles. The number of hydrogen-bond donors (Lipinski definition) is 0. The van der Waals surface area contributed by atoms with Crippen LogP contribution in [0.2, 0.25) is 0 Å². The van der Waals surface area contributed by atoms with Crippen molar-refractivity contribution in [1.29, 1.82) is 0 Å². The number of carbonyl (C=O) groups excluding carboxylic acids is 2. The highest BCUT2D eigenvalue weighted by Crippen LogP contribution is 2.18. The molecule has 2 rings (SSSR count). The number of hydrogen-bond acceptors (Lipinski definition) is 5. The summed E-state index contributed by atoms with van der Waals surface area (Å²) < 4.78 is 36.2. The van der Waals surface area contributed by atoms with Crippen molar-refractivity contribution in [2.45, 2.75) is 19.0 Å². The Kier molecular flexibility index (Phi) is 5.04. The van der Waals surface area contributed by atoms with Crippen LogP contribution in [-0.4, -0.2) is 78.7 Å². The molecule has 0 radical (unpaired) electrons. The fourth-order valence-corrected chi connectivity index (χ4v) is 2.41. The minimum atomic E-state index is -4.98. The lowest BCUT2D eigenvalue weighted by Crippen LogP contribution is -2.50. The minimum absolute atomic E-state index is 0.0493. The van der Waals surface area contributed by atoms with Crippen LogP contribution in [0.25, 0.3) is 0 Å². The SMILES string of the molecule is O=C(CN1CCN(OC(=O)C(F)(F)F)CC1)N1CCCC1. The smallest absolute Gasteiger partial charge is 0.361 e. The maximum absolute atomic E-state index is 12.1. The Morgan fingerprint density at radius 2 is 1.52 bits per heavy atom. The molecule has 0 spiro atoms. The predicted molar refractivity (Wildman–Crippen MR) is 66.0 cm³/mol. The molecule has 9 heteroatoms. The van der Waals surface area contributed by atoms with Gasteiger partial charge in [-0.3, -0.25) is 9.69 Å². The minimum Gasteiger partial charge on any atom is -0.361 e. The Morgan fingerprint density at radius 3 is 2.05 bits per heavy atom. The van der Waals surface area contributed by atoms with E-state index in [2.05, 4.69) is 4.84 Å². The predicted octanol–water partition coefficient (Wildman–Crippen LogP) is 0.247. The van der Waals surface area contributed by atoms with Crippen LogP contribution in [-0.2, 0) is 14.4 Å². The lowest BCUT2D eigenvalue weighted by Gasteiger charge is -2.33. The molecule has 2 saturated heterocycles. The lowest BCUT2D eigenvalue weighted by atomic mass is 10.3. The van der Waals surface area contributed by atoms with Gasteiger partial charge in [0.1, 0.15) is 0 Å². The van der Waals surface area contributed by atoms with Crippen molar-refractivity contribution < 1.29 is 27.6 Å². The molecule has 21 heavy (non-hydrogen) atoms. The summed E-state index contributed by atoms with van der Waals surface area (Å²) in [5, 5.41) is 0.993. The summed E-state index contributed by atoms with van der Waals surface area (Å²) in [4.78, 5) is 30.6. The van der Waals surface area contributed by atoms with Crippen molar-refractivity contribution in [3.8, 4) is 0 Å². The summed E-state index contributed by atoms with van der Waals surface area (Å²) in [6.07, 6.45) is -2.94. The Balaban J connectivity index is 1.70. The molecule has 0 atom stereocenters. The molecule has 2 aliphatic rings. The number of carbonyl (C=O) groups is 2. The molecule has 0 saturated carbocycles. The van der Waals surface area contributed by atoms with Gasteiger partial charge in [0.2, 0.25) is 5.91 Å². The zero-order valence-electron chi connectivity index (χ0n) is 11.6. The van der Waals surface area contributed by atoms with Gasteiger partial charge in [-0.2, -0.15) is 13.2 Å². The monoisotopic (exact) mass is 309 g/mol. The van der Waals surface area contributed by atoms with Gasteiger partial charge in [-0.1, -0.05) is 0 Å². The van der Waals surface area contributed by atoms with Crippen LogP contribution in [0.5, 0.6) is 0 Å². The van der Waals surface area contributed by atoms with Crippen LogP contribution in [0, 0.1) is 0 Å². The number of alkyl halides is 3. The third-order valence-electron chi connectivity index (χ3n) is 3.59. The largest absolute Gasteiger partial charge is 0.492 e. The van der Waals surface area contributed by atoms with Crippen molar-refractivity contribution >= 4 is 11.9 Å². The van der Waals surface area contributed by atoms with E-state index in [4.69, 9.17) is 0 Å². The van der Waals surface area contributed by atoms with E-state index in [1.54, 1.807) is 4.90 Å². The summed E-state index contributed by atoms with van der Waals surface area (Å²) >= 11 is 0. The molecular formula is C12H18F3N3O3. The molecular weight excluding hydrogens is 291 g/mol. The summed E-state index contributed by atoms with van der Waals surface area (Å²) in [6, 6.07) is 0. The van der Waals surface area contributed by atoms with E-state index in [0.717, 1.165) is 31.0 Å². The van der Waals surface area contributed by atoms with Gasteiger partial charge < -0.3 is 9.74 Å². The topological polar surface area (TPSA) is 53.1 Å². The lowest BCUT2D eigenvalue weighted by molar-refractivity contribution is -0.242. The first kappa shape index (κ1) is 16.0. The average molecular weight is 309 g/mol. The van der Waals surface area contributed by atoms with Gasteiger partial charge in [-0.05, 0) is 12.8 Å². The van der Waals surface area contributed by atoms with Gasteiger partial charge in [0, 0.05) is 39.3 Å². The molecule has 0 unspecified atom stereocenters. The van der Waals surface area contributed by atoms with E-state index in [0.29, 0.717) is 13.1 Å². The maximum atomic E-state index is 12.1. The molecule has 120 valence electrons. The van der Waals surface area contributed by atoms with E-state index in [-0.39, 0.29) is 25.5 Å². The van der Waals surface area contributed by atoms with Crippen LogP contribution in [0.1, 0.15) is 12.8 Å². The van der Waals surface area contributed by atoms with Crippen LogP contribution < -0.4 is 0 Å². The molecule has 0 aromatic carbocycles. The van der Waals surface area contributed by atoms with E-state index in [1.807, 2.05) is 4.90 Å². The highest BCUT2D eigenvalue weighted by molar-refractivity contribution is 5.78. The summed E-state index contributed by atoms with van der Waals surface area (Å²) in [5.41, 5.74) is 0. The van der Waals surface area contributed by atoms with Crippen molar-refractivity contribution in [2.24, 2.45) is 0 Å². The summed E-state index contributed by atoms with van der Waals surface area (Å²) in [6.45, 7) is 2.94. The third-order valence-corrected chi connectivity index (χ3v) is 3.59. The van der Waals surface area contributed by atoms with Crippen LogP contribution >= 0.6 is 0 Å². The molecule has 0 N–H and O–H groups in total. The zero-order valence-corrected chi connectivity index (χ0v) is 11.6. The number of hydroxylamine groups is 2. The standard InChI is InChI=1S/C12H18F3N3O3/c13-12(14,15)11(20)21-18-7-5-16(6-8-18)9-10(19)17-3-1-2-4-17/h1-9H2. The van der Waals surface area contributed by atoms with Crippen LogP contribution in [0.4, 0.5) is 13.2 Å². The first-order valence-corrected chi connectivity index (χ1v) is 6.90. The van der Waals surface area contributed by atoms with Crippen molar-refractivity contribution in [1.82, 2.24) is 14.9 Å². The van der Waals surface area contributed by atoms with Gasteiger partial charge in [0.15, 0.2) is 0 Å². The fraction of sp³-hybridized carbons (Fsp3) is 0.833. The molecule has 0 aromatic heterocycles. The number of nitrogens with zero attached hydrogens (tertiary/aromatic N) is 3. The van der Waals surface area contributed by atoms with E-state index in [1.165, 1.54) is 0 Å². The molecule has 6 nitrogen and oxygen atoms in total. The Bertz CT molecular complexity index is 389. The highest BCUT2D eigenvalue weighted by Gasteiger charge is 2.42. The molecule has 0 aromatic rings. The van der Waals surface area contributed by atoms with Crippen molar-refractivity contribution in [3.63, 3.8) is 0 Å². The van der Waals surface area contributed by atoms with Gasteiger partial charge in [0.25, 0.3) is 0 Å². The van der Waals surface area contributed by atoms with Crippen molar-refractivity contribution in [2.75, 3.05) is 45.8 Å². The molecule has 2 fully saturated rings. The summed E-state index contributed by atoms with van der Waals surface area (Å²) in [7, 11) is 0. The van der Waals surface area contributed by atoms with Gasteiger partial charge in [0.05, 0.1) is 6.54 Å². The van der Waals surface area contributed by atoms with E-state index >= 15 is 0 Å². The number of halogens is 3. The number of rotatable bonds is 3. The Morgan fingerprint density at radius 1 is 0.952 bits per heavy atom. The van der Waals surface area contributed by atoms with Gasteiger partial charge in [-0.25, -0.2) is 4.79 Å². The number of likely N-dealkylation sites (tertiary alicyclic amines) is 1. The Hall–Kier alpha value is -1.35. The second-order valence-corrected chi connectivity index (χ2v) is 5.17. The first-order valence-electron chi connectivity index (χ1n) is 6.90. The normalized spacial score (nSPS) is 21.6. The fourth-order valence-electron chi connectivity index (χ4n) is 2.41. The molecule has 2 aliphatic heterocycles. The van der Waals surface area contributed by atoms with Crippen molar-refractivity contribution in [3.05, 3.63) is 0 Å². The summed E-state index contributed by atoms with van der Waals surface area (Å²) in [5.74, 6) is -2.16. The van der Waals surface area contributed by atoms with E-state index in [9.17, 15) is 22.8 Å². The average Bonchev–Trinajstić information content (AvgIpc) is 2.94. The number of amides is 1. The molecule has 0 bridgehead atoms. The maximum Gasteiger partial charge on any atom is 0.492 e. The zero-order chi connectivity index (χ0) is 15.5. The van der Waals surface area contributed by atoms with Gasteiger partial charge in [-0.15, -0.1) is 5.06 Å². The van der Waals surface area contributed by atoms with Crippen LogP contribution in [0.15, 0.2) is 0 Å². The number of piperazine rings is 1.